The molecule has 0 radical (unpaired) electrons. The number of benzene rings is 1. The molecule has 7 nitrogen and oxygen atoms in total. The second-order valence-electron chi connectivity index (χ2n) is 5.85. The van der Waals surface area contributed by atoms with Crippen LogP contribution < -0.4 is 11.5 Å². The molecule has 0 aliphatic heterocycles. The lowest BCUT2D eigenvalue weighted by atomic mass is 9.99. The van der Waals surface area contributed by atoms with Crippen molar-refractivity contribution in [3.63, 3.8) is 0 Å². The van der Waals surface area contributed by atoms with Gasteiger partial charge in [-0.05, 0) is 18.2 Å². The maximum Gasteiger partial charge on any atom is 0.418 e. The van der Waals surface area contributed by atoms with Crippen LogP contribution in [0, 0.1) is 0 Å². The third-order valence-corrected chi connectivity index (χ3v) is 4.09. The van der Waals surface area contributed by atoms with Crippen molar-refractivity contribution in [2.45, 2.75) is 6.18 Å². The fourth-order valence-corrected chi connectivity index (χ4v) is 2.92. The topological polar surface area (TPSA) is 116 Å². The van der Waals surface area contributed by atoms with Crippen LogP contribution in [0.15, 0.2) is 48.9 Å². The van der Waals surface area contributed by atoms with Gasteiger partial charge in [0.25, 0.3) is 0 Å². The molecule has 1 aromatic carbocycles. The molecule has 10 heteroatoms. The zero-order chi connectivity index (χ0) is 19.9. The largest absolute Gasteiger partial charge is 0.418 e. The second-order valence-corrected chi connectivity index (χ2v) is 5.85. The zero-order valence-electron chi connectivity index (χ0n) is 14.1. The Bertz CT molecular complexity index is 1190. The number of aromatic nitrogens is 5. The maximum absolute atomic E-state index is 13.4. The van der Waals surface area contributed by atoms with Crippen LogP contribution in [0.5, 0.6) is 0 Å². The fourth-order valence-electron chi connectivity index (χ4n) is 2.92. The molecule has 0 atom stereocenters. The van der Waals surface area contributed by atoms with E-state index >= 15 is 0 Å². The van der Waals surface area contributed by atoms with Crippen molar-refractivity contribution >= 4 is 22.8 Å². The lowest BCUT2D eigenvalue weighted by molar-refractivity contribution is -0.136. The molecule has 3 heterocycles. The highest BCUT2D eigenvalue weighted by atomic mass is 19.4. The number of rotatable bonds is 2. The number of hydrogen-bond donors (Lipinski definition) is 2. The summed E-state index contributed by atoms with van der Waals surface area (Å²) in [4.78, 5) is 20.1. The molecular formula is C18H12F3N7. The smallest absolute Gasteiger partial charge is 0.368 e. The molecule has 0 amide bonds. The molecule has 0 spiro atoms. The summed E-state index contributed by atoms with van der Waals surface area (Å²) in [6, 6.07) is 7.02. The summed E-state index contributed by atoms with van der Waals surface area (Å²) < 4.78 is 40.2. The predicted octanol–water partition coefficient (Wildman–Crippen LogP) is 3.33. The van der Waals surface area contributed by atoms with Gasteiger partial charge in [-0.3, -0.25) is 4.98 Å². The molecule has 4 N–H and O–H groups in total. The first-order chi connectivity index (χ1) is 13.3. The van der Waals surface area contributed by atoms with Gasteiger partial charge >= 0.3 is 6.18 Å². The highest BCUT2D eigenvalue weighted by Crippen LogP contribution is 2.38. The Balaban J connectivity index is 2.03. The summed E-state index contributed by atoms with van der Waals surface area (Å²) in [6.45, 7) is 0. The molecule has 0 bridgehead atoms. The Morgan fingerprint density at radius 3 is 2.29 bits per heavy atom. The van der Waals surface area contributed by atoms with Gasteiger partial charge < -0.3 is 11.5 Å². The third kappa shape index (κ3) is 3.04. The van der Waals surface area contributed by atoms with Crippen LogP contribution in [0.1, 0.15) is 5.56 Å². The van der Waals surface area contributed by atoms with Crippen molar-refractivity contribution in [2.24, 2.45) is 0 Å². The van der Waals surface area contributed by atoms with E-state index in [-0.39, 0.29) is 22.8 Å². The Labute approximate surface area is 156 Å². The van der Waals surface area contributed by atoms with Crippen molar-refractivity contribution < 1.29 is 13.2 Å². The van der Waals surface area contributed by atoms with Crippen molar-refractivity contribution in [1.82, 2.24) is 24.9 Å². The van der Waals surface area contributed by atoms with Crippen molar-refractivity contribution in [3.8, 4) is 22.5 Å². The van der Waals surface area contributed by atoms with E-state index in [0.717, 1.165) is 6.07 Å². The van der Waals surface area contributed by atoms with Crippen molar-refractivity contribution in [2.75, 3.05) is 11.5 Å². The highest BCUT2D eigenvalue weighted by Gasteiger charge is 2.33. The minimum absolute atomic E-state index is 0.0299. The van der Waals surface area contributed by atoms with Gasteiger partial charge in [0.15, 0.2) is 0 Å². The average molecular weight is 383 g/mol. The minimum atomic E-state index is -4.54. The van der Waals surface area contributed by atoms with E-state index in [9.17, 15) is 13.2 Å². The molecule has 0 unspecified atom stereocenters. The third-order valence-electron chi connectivity index (χ3n) is 4.09. The molecule has 0 fully saturated rings. The number of anilines is 2. The van der Waals surface area contributed by atoms with Crippen LogP contribution in [0.3, 0.4) is 0 Å². The molecule has 0 aliphatic rings. The summed E-state index contributed by atoms with van der Waals surface area (Å²) in [5, 5.41) is 0.277. The number of alkyl halides is 3. The number of pyridine rings is 1. The monoisotopic (exact) mass is 383 g/mol. The number of halogens is 3. The minimum Gasteiger partial charge on any atom is -0.368 e. The SMILES string of the molecule is Nc1nccc(-c2cnc(N)nc2-c2ccnc3c(C(F)(F)F)cccc23)n1. The second kappa shape index (κ2) is 6.41. The Kier molecular flexibility index (Phi) is 4.03. The Morgan fingerprint density at radius 1 is 0.786 bits per heavy atom. The van der Waals surface area contributed by atoms with E-state index in [1.54, 1.807) is 18.2 Å². The van der Waals surface area contributed by atoms with E-state index in [1.807, 2.05) is 0 Å². The number of para-hydroxylation sites is 1. The average Bonchev–Trinajstić information content (AvgIpc) is 2.66. The van der Waals surface area contributed by atoms with E-state index < -0.39 is 11.7 Å². The Morgan fingerprint density at radius 2 is 1.54 bits per heavy atom. The molecule has 28 heavy (non-hydrogen) atoms. The number of nitrogen functional groups attached to an aromatic ring is 2. The molecule has 140 valence electrons. The summed E-state index contributed by atoms with van der Waals surface area (Å²) in [6.07, 6.45) is -0.341. The molecular weight excluding hydrogens is 371 g/mol. The summed E-state index contributed by atoms with van der Waals surface area (Å²) in [7, 11) is 0. The maximum atomic E-state index is 13.4. The lowest BCUT2D eigenvalue weighted by Crippen LogP contribution is -2.07. The molecule has 0 aliphatic carbocycles. The van der Waals surface area contributed by atoms with Crippen LogP contribution in [0.2, 0.25) is 0 Å². The lowest BCUT2D eigenvalue weighted by Gasteiger charge is -2.14. The first-order valence-corrected chi connectivity index (χ1v) is 8.01. The van der Waals surface area contributed by atoms with Gasteiger partial charge in [0.05, 0.1) is 22.5 Å². The number of fused-ring (bicyclic) bond motifs is 1. The first-order valence-electron chi connectivity index (χ1n) is 8.01. The summed E-state index contributed by atoms with van der Waals surface area (Å²) in [5.74, 6) is 0.0111. The Hall–Kier alpha value is -3.82. The standard InChI is InChI=1S/C18H12F3N7/c19-18(20,21)12-3-1-2-9-10(4-6-24-15(9)12)14-11(8-26-17(23)28-14)13-5-7-25-16(22)27-13/h1-8H,(H2,22,25,27)(H2,23,26,28). The fraction of sp³-hybridized carbons (Fsp3) is 0.0556. The van der Waals surface area contributed by atoms with Crippen molar-refractivity contribution in [1.29, 1.82) is 0 Å². The van der Waals surface area contributed by atoms with Crippen LogP contribution in [-0.4, -0.2) is 24.9 Å². The summed E-state index contributed by atoms with van der Waals surface area (Å²) >= 11 is 0. The van der Waals surface area contributed by atoms with Gasteiger partial charge in [-0.1, -0.05) is 12.1 Å². The van der Waals surface area contributed by atoms with Gasteiger partial charge in [-0.25, -0.2) is 19.9 Å². The predicted molar refractivity (Wildman–Crippen MR) is 97.6 cm³/mol. The van der Waals surface area contributed by atoms with Crippen molar-refractivity contribution in [3.05, 3.63) is 54.5 Å². The highest BCUT2D eigenvalue weighted by molar-refractivity contribution is 5.98. The first kappa shape index (κ1) is 17.6. The van der Waals surface area contributed by atoms with Crippen LogP contribution in [0.25, 0.3) is 33.4 Å². The molecule has 4 aromatic rings. The van der Waals surface area contributed by atoms with E-state index in [0.29, 0.717) is 22.5 Å². The number of nitrogens with zero attached hydrogens (tertiary/aromatic N) is 5. The van der Waals surface area contributed by atoms with Gasteiger partial charge in [0.1, 0.15) is 0 Å². The van der Waals surface area contributed by atoms with E-state index in [1.165, 1.54) is 24.7 Å². The molecule has 4 rings (SSSR count). The number of nitrogens with two attached hydrogens (primary N) is 2. The van der Waals surface area contributed by atoms with E-state index in [2.05, 4.69) is 24.9 Å². The van der Waals surface area contributed by atoms with Gasteiger partial charge in [0, 0.05) is 35.1 Å². The van der Waals surface area contributed by atoms with Crippen LogP contribution in [-0.2, 0) is 6.18 Å². The summed E-state index contributed by atoms with van der Waals surface area (Å²) in [5.41, 5.74) is 12.0. The molecule has 0 saturated heterocycles. The normalized spacial score (nSPS) is 11.7. The molecule has 0 saturated carbocycles. The van der Waals surface area contributed by atoms with E-state index in [4.69, 9.17) is 11.5 Å². The van der Waals surface area contributed by atoms with Gasteiger partial charge in [0.2, 0.25) is 11.9 Å². The van der Waals surface area contributed by atoms with Gasteiger partial charge in [-0.15, -0.1) is 0 Å². The zero-order valence-corrected chi connectivity index (χ0v) is 14.1. The van der Waals surface area contributed by atoms with Crippen LogP contribution >= 0.6 is 0 Å². The van der Waals surface area contributed by atoms with Crippen LogP contribution in [0.4, 0.5) is 25.1 Å². The molecule has 3 aromatic heterocycles. The number of hydrogen-bond acceptors (Lipinski definition) is 7. The quantitative estimate of drug-likeness (QED) is 0.545. The van der Waals surface area contributed by atoms with Gasteiger partial charge in [-0.2, -0.15) is 13.2 Å².